The van der Waals surface area contributed by atoms with Crippen LogP contribution in [0, 0.1) is 5.92 Å². The zero-order valence-corrected chi connectivity index (χ0v) is 15.5. The summed E-state index contributed by atoms with van der Waals surface area (Å²) >= 11 is 18.0. The molecular formula is C16H16BrCl2NS. The molecule has 1 fully saturated rings. The molecule has 0 radical (unpaired) electrons. The summed E-state index contributed by atoms with van der Waals surface area (Å²) in [6, 6.07) is 8.60. The fraction of sp³-hybridized carbons (Fsp3) is 0.375. The Hall–Kier alpha value is -0.0600. The minimum absolute atomic E-state index is 0.474. The van der Waals surface area contributed by atoms with Gasteiger partial charge in [0, 0.05) is 25.8 Å². The zero-order chi connectivity index (χ0) is 15.0. The van der Waals surface area contributed by atoms with Gasteiger partial charge in [-0.2, -0.15) is 0 Å². The van der Waals surface area contributed by atoms with E-state index in [9.17, 15) is 0 Å². The molecule has 5 heteroatoms. The fourth-order valence-corrected chi connectivity index (χ4v) is 5.36. The molecule has 1 aromatic carbocycles. The first-order valence-electron chi connectivity index (χ1n) is 7.08. The van der Waals surface area contributed by atoms with Crippen LogP contribution in [0.4, 0.5) is 0 Å². The molecule has 1 N–H and O–H groups in total. The van der Waals surface area contributed by atoms with Gasteiger partial charge in [-0.05, 0) is 49.6 Å². The second-order valence-corrected chi connectivity index (χ2v) is 8.16. The van der Waals surface area contributed by atoms with Crippen LogP contribution < -0.4 is 5.32 Å². The van der Waals surface area contributed by atoms with Crippen LogP contribution in [-0.2, 0) is 0 Å². The van der Waals surface area contributed by atoms with E-state index in [1.54, 1.807) is 11.3 Å². The summed E-state index contributed by atoms with van der Waals surface area (Å²) in [5.41, 5.74) is 0.934. The highest BCUT2D eigenvalue weighted by Crippen LogP contribution is 2.46. The van der Waals surface area contributed by atoms with Gasteiger partial charge in [0.25, 0.3) is 0 Å². The Morgan fingerprint density at radius 1 is 1.29 bits per heavy atom. The van der Waals surface area contributed by atoms with Crippen molar-refractivity contribution in [2.75, 3.05) is 6.54 Å². The van der Waals surface area contributed by atoms with Gasteiger partial charge in [-0.3, -0.25) is 0 Å². The molecule has 1 aromatic heterocycles. The lowest BCUT2D eigenvalue weighted by molar-refractivity contribution is 0.504. The van der Waals surface area contributed by atoms with Crippen molar-refractivity contribution < 1.29 is 0 Å². The molecule has 0 saturated heterocycles. The first-order chi connectivity index (χ1) is 10.1. The van der Waals surface area contributed by atoms with Gasteiger partial charge in [0.2, 0.25) is 0 Å². The van der Waals surface area contributed by atoms with E-state index < -0.39 is 0 Å². The average molecular weight is 405 g/mol. The molecule has 1 unspecified atom stereocenters. The third kappa shape index (κ3) is 3.48. The third-order valence-corrected chi connectivity index (χ3v) is 5.94. The second kappa shape index (κ2) is 6.59. The Balaban J connectivity index is 1.94. The van der Waals surface area contributed by atoms with Gasteiger partial charge in [0.1, 0.15) is 0 Å². The van der Waals surface area contributed by atoms with Gasteiger partial charge in [0.05, 0.1) is 10.0 Å². The molecule has 1 aliphatic rings. The molecular weight excluding hydrogens is 389 g/mol. The first-order valence-corrected chi connectivity index (χ1v) is 9.44. The van der Waals surface area contributed by atoms with Crippen LogP contribution in [0.15, 0.2) is 28.7 Å². The molecule has 1 heterocycles. The first kappa shape index (κ1) is 15.8. The van der Waals surface area contributed by atoms with E-state index in [1.807, 2.05) is 12.1 Å². The van der Waals surface area contributed by atoms with Crippen LogP contribution in [0.1, 0.15) is 30.7 Å². The normalized spacial score (nSPS) is 16.2. The minimum Gasteiger partial charge on any atom is -0.309 e. The Labute approximate surface area is 147 Å². The maximum Gasteiger partial charge on any atom is 0.0518 e. The topological polar surface area (TPSA) is 12.0 Å². The van der Waals surface area contributed by atoms with Gasteiger partial charge >= 0.3 is 0 Å². The smallest absolute Gasteiger partial charge is 0.0518 e. The van der Waals surface area contributed by atoms with Crippen LogP contribution >= 0.6 is 50.5 Å². The SMILES string of the molecule is CCNC(c1ccc(-c2c(Cl)cc(Br)cc2Cl)s1)C1CC1. The van der Waals surface area contributed by atoms with E-state index in [0.29, 0.717) is 16.1 Å². The maximum absolute atomic E-state index is 6.37. The van der Waals surface area contributed by atoms with Crippen molar-refractivity contribution in [2.45, 2.75) is 25.8 Å². The number of rotatable bonds is 5. The van der Waals surface area contributed by atoms with Crippen molar-refractivity contribution in [3.05, 3.63) is 43.7 Å². The van der Waals surface area contributed by atoms with Gasteiger partial charge in [-0.25, -0.2) is 0 Å². The molecule has 0 aliphatic heterocycles. The lowest BCUT2D eigenvalue weighted by Gasteiger charge is -2.15. The molecule has 1 saturated carbocycles. The van der Waals surface area contributed by atoms with Crippen LogP contribution in [0.3, 0.4) is 0 Å². The summed E-state index contributed by atoms with van der Waals surface area (Å²) in [5.74, 6) is 0.785. The Morgan fingerprint density at radius 2 is 1.95 bits per heavy atom. The molecule has 1 aliphatic carbocycles. The van der Waals surface area contributed by atoms with E-state index in [0.717, 1.165) is 27.4 Å². The van der Waals surface area contributed by atoms with Gasteiger partial charge < -0.3 is 5.32 Å². The molecule has 112 valence electrons. The molecule has 21 heavy (non-hydrogen) atoms. The Kier molecular flexibility index (Phi) is 4.97. The van der Waals surface area contributed by atoms with Crippen molar-refractivity contribution >= 4 is 50.5 Å². The van der Waals surface area contributed by atoms with Crippen molar-refractivity contribution in [3.63, 3.8) is 0 Å². The second-order valence-electron chi connectivity index (χ2n) is 5.32. The quantitative estimate of drug-likeness (QED) is 0.595. The van der Waals surface area contributed by atoms with E-state index in [1.165, 1.54) is 17.7 Å². The molecule has 0 amide bonds. The number of hydrogen-bond donors (Lipinski definition) is 1. The highest BCUT2D eigenvalue weighted by molar-refractivity contribution is 9.10. The predicted octanol–water partition coefficient (Wildman–Crippen LogP) is 6.55. The van der Waals surface area contributed by atoms with Crippen molar-refractivity contribution in [3.8, 4) is 10.4 Å². The fourth-order valence-electron chi connectivity index (χ4n) is 2.58. The summed E-state index contributed by atoms with van der Waals surface area (Å²) in [6.07, 6.45) is 2.65. The number of hydrogen-bond acceptors (Lipinski definition) is 2. The molecule has 2 aromatic rings. The number of benzene rings is 1. The van der Waals surface area contributed by atoms with Crippen LogP contribution in [0.25, 0.3) is 10.4 Å². The maximum atomic E-state index is 6.37. The molecule has 1 atom stereocenters. The molecule has 3 rings (SSSR count). The molecule has 0 bridgehead atoms. The zero-order valence-electron chi connectivity index (χ0n) is 11.6. The predicted molar refractivity (Wildman–Crippen MR) is 96.6 cm³/mol. The number of halogens is 3. The monoisotopic (exact) mass is 403 g/mol. The summed E-state index contributed by atoms with van der Waals surface area (Å²) in [6.45, 7) is 3.15. The largest absolute Gasteiger partial charge is 0.309 e. The van der Waals surface area contributed by atoms with Crippen molar-refractivity contribution in [1.82, 2.24) is 5.32 Å². The third-order valence-electron chi connectivity index (χ3n) is 3.70. The van der Waals surface area contributed by atoms with E-state index in [-0.39, 0.29) is 0 Å². The highest BCUT2D eigenvalue weighted by atomic mass is 79.9. The summed E-state index contributed by atoms with van der Waals surface area (Å²) in [4.78, 5) is 2.51. The molecule has 0 spiro atoms. The van der Waals surface area contributed by atoms with Gasteiger partial charge in [-0.1, -0.05) is 46.1 Å². The summed E-state index contributed by atoms with van der Waals surface area (Å²) in [7, 11) is 0. The summed E-state index contributed by atoms with van der Waals surface area (Å²) in [5, 5.41) is 4.98. The standard InChI is InChI=1S/C16H16BrCl2NS/c1-2-20-16(9-3-4-9)14-6-5-13(21-14)15-11(18)7-10(17)8-12(15)19/h5-9,16,20H,2-4H2,1H3. The van der Waals surface area contributed by atoms with Crippen LogP contribution in [0.5, 0.6) is 0 Å². The van der Waals surface area contributed by atoms with Gasteiger partial charge in [-0.15, -0.1) is 11.3 Å². The lowest BCUT2D eigenvalue weighted by Crippen LogP contribution is -2.21. The number of nitrogens with one attached hydrogen (secondary N) is 1. The van der Waals surface area contributed by atoms with E-state index in [2.05, 4.69) is 40.3 Å². The van der Waals surface area contributed by atoms with E-state index >= 15 is 0 Å². The minimum atomic E-state index is 0.474. The highest BCUT2D eigenvalue weighted by Gasteiger charge is 2.32. The number of thiophene rings is 1. The van der Waals surface area contributed by atoms with Crippen molar-refractivity contribution in [2.24, 2.45) is 5.92 Å². The van der Waals surface area contributed by atoms with Crippen LogP contribution in [-0.4, -0.2) is 6.54 Å². The average Bonchev–Trinajstić information content (AvgIpc) is 3.14. The van der Waals surface area contributed by atoms with Gasteiger partial charge in [0.15, 0.2) is 0 Å². The summed E-state index contributed by atoms with van der Waals surface area (Å²) < 4.78 is 0.904. The van der Waals surface area contributed by atoms with Crippen LogP contribution in [0.2, 0.25) is 10.0 Å². The Morgan fingerprint density at radius 3 is 2.52 bits per heavy atom. The molecule has 1 nitrogen and oxygen atoms in total. The Bertz CT molecular complexity index is 628. The van der Waals surface area contributed by atoms with E-state index in [4.69, 9.17) is 23.2 Å². The lowest BCUT2D eigenvalue weighted by atomic mass is 10.1. The van der Waals surface area contributed by atoms with Crippen molar-refractivity contribution in [1.29, 1.82) is 0 Å².